The van der Waals surface area contributed by atoms with Crippen LogP contribution >= 0.6 is 11.6 Å². The standard InChI is InChI=1S/C13H21N.C7H7Cl.C2H6/c1-5-14(6-2)13-9-7-12(8-10-13)11(3)4;1-6-2-4-7(8)5-3-6;1-2/h7-11H,5-6H2,1-4H3;2-5H,1H3;1-2H3. The molecule has 0 heterocycles. The van der Waals surface area contributed by atoms with Crippen LogP contribution in [0.25, 0.3) is 0 Å². The molecule has 24 heavy (non-hydrogen) atoms. The van der Waals surface area contributed by atoms with Gasteiger partial charge < -0.3 is 4.90 Å². The van der Waals surface area contributed by atoms with Crippen LogP contribution in [-0.2, 0) is 0 Å². The molecule has 0 aromatic heterocycles. The highest BCUT2D eigenvalue weighted by atomic mass is 35.5. The zero-order valence-corrected chi connectivity index (χ0v) is 17.2. The van der Waals surface area contributed by atoms with E-state index in [0.29, 0.717) is 5.92 Å². The third-order valence-electron chi connectivity index (χ3n) is 3.70. The molecular weight excluding hydrogens is 314 g/mol. The molecule has 0 aliphatic heterocycles. The van der Waals surface area contributed by atoms with Gasteiger partial charge in [-0.25, -0.2) is 0 Å². The van der Waals surface area contributed by atoms with Crippen molar-refractivity contribution in [2.45, 2.75) is 54.4 Å². The predicted molar refractivity (Wildman–Crippen MR) is 112 cm³/mol. The second kappa shape index (κ2) is 12.9. The maximum atomic E-state index is 5.61. The summed E-state index contributed by atoms with van der Waals surface area (Å²) < 4.78 is 0. The van der Waals surface area contributed by atoms with Crippen molar-refractivity contribution in [1.29, 1.82) is 0 Å². The molecule has 0 atom stereocenters. The quantitative estimate of drug-likeness (QED) is 0.559. The van der Waals surface area contributed by atoms with Crippen LogP contribution in [-0.4, -0.2) is 13.1 Å². The minimum atomic E-state index is 0.626. The van der Waals surface area contributed by atoms with Gasteiger partial charge in [-0.15, -0.1) is 0 Å². The molecule has 0 amide bonds. The lowest BCUT2D eigenvalue weighted by molar-refractivity contribution is 0.852. The molecule has 1 nitrogen and oxygen atoms in total. The van der Waals surface area contributed by atoms with Gasteiger partial charge in [-0.3, -0.25) is 0 Å². The van der Waals surface area contributed by atoms with E-state index in [-0.39, 0.29) is 0 Å². The molecule has 0 N–H and O–H groups in total. The topological polar surface area (TPSA) is 3.24 Å². The molecule has 0 radical (unpaired) electrons. The van der Waals surface area contributed by atoms with Crippen molar-refractivity contribution < 1.29 is 0 Å². The molecule has 134 valence electrons. The Labute approximate surface area is 154 Å². The fourth-order valence-electron chi connectivity index (χ4n) is 2.19. The zero-order chi connectivity index (χ0) is 18.5. The molecule has 2 heteroatoms. The summed E-state index contributed by atoms with van der Waals surface area (Å²) in [6.45, 7) is 17.0. The molecule has 0 saturated heterocycles. The summed E-state index contributed by atoms with van der Waals surface area (Å²) in [6.07, 6.45) is 0. The molecular formula is C22H34ClN. The highest BCUT2D eigenvalue weighted by Crippen LogP contribution is 2.19. The Morgan fingerprint density at radius 3 is 1.62 bits per heavy atom. The van der Waals surface area contributed by atoms with Crippen LogP contribution in [0.2, 0.25) is 5.02 Å². The van der Waals surface area contributed by atoms with Crippen molar-refractivity contribution in [1.82, 2.24) is 0 Å². The number of rotatable bonds is 4. The van der Waals surface area contributed by atoms with Crippen LogP contribution in [0.3, 0.4) is 0 Å². The van der Waals surface area contributed by atoms with E-state index in [1.54, 1.807) is 0 Å². The summed E-state index contributed by atoms with van der Waals surface area (Å²) in [7, 11) is 0. The van der Waals surface area contributed by atoms with Crippen LogP contribution in [0.5, 0.6) is 0 Å². The van der Waals surface area contributed by atoms with Gasteiger partial charge in [0.05, 0.1) is 0 Å². The van der Waals surface area contributed by atoms with E-state index in [1.165, 1.54) is 16.8 Å². The Morgan fingerprint density at radius 2 is 1.29 bits per heavy atom. The SMILES string of the molecule is CC.CCN(CC)c1ccc(C(C)C)cc1.Cc1ccc(Cl)cc1. The first kappa shape index (κ1) is 22.5. The van der Waals surface area contributed by atoms with E-state index in [1.807, 2.05) is 45.0 Å². The summed E-state index contributed by atoms with van der Waals surface area (Å²) >= 11 is 5.61. The maximum absolute atomic E-state index is 5.61. The van der Waals surface area contributed by atoms with Gasteiger partial charge in [0, 0.05) is 23.8 Å². The Balaban J connectivity index is 0.000000447. The van der Waals surface area contributed by atoms with Crippen molar-refractivity contribution in [3.8, 4) is 0 Å². The van der Waals surface area contributed by atoms with Gasteiger partial charge in [-0.05, 0) is 56.5 Å². The first-order chi connectivity index (χ1) is 11.5. The van der Waals surface area contributed by atoms with Gasteiger partial charge >= 0.3 is 0 Å². The summed E-state index contributed by atoms with van der Waals surface area (Å²) in [4.78, 5) is 2.37. The molecule has 2 aromatic carbocycles. The Hall–Kier alpha value is -1.47. The maximum Gasteiger partial charge on any atom is 0.0406 e. The molecule has 0 spiro atoms. The van der Waals surface area contributed by atoms with E-state index in [4.69, 9.17) is 11.6 Å². The van der Waals surface area contributed by atoms with Crippen LogP contribution in [0.15, 0.2) is 48.5 Å². The molecule has 2 aromatic rings. The summed E-state index contributed by atoms with van der Waals surface area (Å²) in [5.74, 6) is 0.626. The van der Waals surface area contributed by atoms with E-state index in [9.17, 15) is 0 Å². The molecule has 0 unspecified atom stereocenters. The highest BCUT2D eigenvalue weighted by Gasteiger charge is 2.02. The third-order valence-corrected chi connectivity index (χ3v) is 3.95. The van der Waals surface area contributed by atoms with Gasteiger partial charge in [-0.1, -0.05) is 69.1 Å². The first-order valence-electron chi connectivity index (χ1n) is 9.05. The number of hydrogen-bond donors (Lipinski definition) is 0. The van der Waals surface area contributed by atoms with Crippen LogP contribution in [0.1, 0.15) is 58.6 Å². The smallest absolute Gasteiger partial charge is 0.0406 e. The van der Waals surface area contributed by atoms with Crippen molar-refractivity contribution in [2.75, 3.05) is 18.0 Å². The van der Waals surface area contributed by atoms with E-state index in [2.05, 4.69) is 56.9 Å². The van der Waals surface area contributed by atoms with Gasteiger partial charge in [0.25, 0.3) is 0 Å². The van der Waals surface area contributed by atoms with E-state index >= 15 is 0 Å². The lowest BCUT2D eigenvalue weighted by atomic mass is 10.0. The van der Waals surface area contributed by atoms with Gasteiger partial charge in [-0.2, -0.15) is 0 Å². The van der Waals surface area contributed by atoms with Gasteiger partial charge in [0.1, 0.15) is 0 Å². The lowest BCUT2D eigenvalue weighted by Gasteiger charge is -2.21. The van der Waals surface area contributed by atoms with E-state index in [0.717, 1.165) is 18.1 Å². The molecule has 0 aliphatic carbocycles. The predicted octanol–water partition coefficient (Wildman–Crippen LogP) is 7.33. The molecule has 0 saturated carbocycles. The van der Waals surface area contributed by atoms with E-state index < -0.39 is 0 Å². The molecule has 0 fully saturated rings. The second-order valence-electron chi connectivity index (χ2n) is 5.71. The minimum Gasteiger partial charge on any atom is -0.372 e. The number of nitrogens with zero attached hydrogens (tertiary/aromatic N) is 1. The second-order valence-corrected chi connectivity index (χ2v) is 6.15. The fourth-order valence-corrected chi connectivity index (χ4v) is 2.32. The number of aryl methyl sites for hydroxylation is 1. The van der Waals surface area contributed by atoms with Crippen LogP contribution < -0.4 is 4.90 Å². The normalized spacial score (nSPS) is 9.54. The first-order valence-corrected chi connectivity index (χ1v) is 9.42. The summed E-state index contributed by atoms with van der Waals surface area (Å²) in [5.41, 5.74) is 4.00. The highest BCUT2D eigenvalue weighted by molar-refractivity contribution is 6.30. The number of hydrogen-bond acceptors (Lipinski definition) is 1. The fraction of sp³-hybridized carbons (Fsp3) is 0.455. The summed E-state index contributed by atoms with van der Waals surface area (Å²) in [5, 5.41) is 0.801. The van der Waals surface area contributed by atoms with Crippen molar-refractivity contribution in [2.24, 2.45) is 0 Å². The largest absolute Gasteiger partial charge is 0.372 e. The average molecular weight is 348 g/mol. The monoisotopic (exact) mass is 347 g/mol. The summed E-state index contributed by atoms with van der Waals surface area (Å²) in [6, 6.07) is 16.7. The van der Waals surface area contributed by atoms with Crippen LogP contribution in [0.4, 0.5) is 5.69 Å². The number of halogens is 1. The third kappa shape index (κ3) is 8.40. The molecule has 2 rings (SSSR count). The van der Waals surface area contributed by atoms with Crippen molar-refractivity contribution in [3.63, 3.8) is 0 Å². The average Bonchev–Trinajstić information content (AvgIpc) is 2.61. The van der Waals surface area contributed by atoms with Crippen molar-refractivity contribution in [3.05, 3.63) is 64.7 Å². The molecule has 0 aliphatic rings. The van der Waals surface area contributed by atoms with Crippen molar-refractivity contribution >= 4 is 17.3 Å². The number of benzene rings is 2. The number of anilines is 1. The lowest BCUT2D eigenvalue weighted by Crippen LogP contribution is -2.21. The zero-order valence-electron chi connectivity index (χ0n) is 16.4. The molecule has 0 bridgehead atoms. The van der Waals surface area contributed by atoms with Gasteiger partial charge in [0.2, 0.25) is 0 Å². The minimum absolute atomic E-state index is 0.626. The van der Waals surface area contributed by atoms with Crippen LogP contribution in [0, 0.1) is 6.92 Å². The van der Waals surface area contributed by atoms with Gasteiger partial charge in [0.15, 0.2) is 0 Å². The Morgan fingerprint density at radius 1 is 0.833 bits per heavy atom. The Bertz CT molecular complexity index is 504. The Kier molecular flexibility index (Phi) is 12.1.